The van der Waals surface area contributed by atoms with Gasteiger partial charge in [-0.2, -0.15) is 0 Å². The highest BCUT2D eigenvalue weighted by molar-refractivity contribution is 5.21. The van der Waals surface area contributed by atoms with Crippen LogP contribution >= 0.6 is 0 Å². The Morgan fingerprint density at radius 1 is 1.22 bits per heavy atom. The fourth-order valence-corrected chi connectivity index (χ4v) is 3.86. The predicted octanol–water partition coefficient (Wildman–Crippen LogP) is 3.93. The summed E-state index contributed by atoms with van der Waals surface area (Å²) in [6.07, 6.45) is 8.79. The maximum atomic E-state index is 12.0. The zero-order valence-corrected chi connectivity index (χ0v) is 14.9. The number of hydrogen-bond acceptors (Lipinski definition) is 3. The molecule has 1 saturated carbocycles. The highest BCUT2D eigenvalue weighted by Crippen LogP contribution is 2.34. The van der Waals surface area contributed by atoms with E-state index >= 15 is 0 Å². The molecule has 4 heteroatoms. The lowest BCUT2D eigenvalue weighted by molar-refractivity contribution is 0.224. The Hall–Kier alpha value is -1.29. The van der Waals surface area contributed by atoms with Crippen LogP contribution in [0, 0.1) is 5.92 Å². The van der Waals surface area contributed by atoms with Crippen molar-refractivity contribution in [2.24, 2.45) is 5.92 Å². The zero-order chi connectivity index (χ0) is 16.8. The molecule has 2 unspecified atom stereocenters. The zero-order valence-electron chi connectivity index (χ0n) is 14.9. The maximum absolute atomic E-state index is 12.0. The van der Waals surface area contributed by atoms with Crippen LogP contribution in [0.4, 0.5) is 0 Å². The maximum Gasteiger partial charge on any atom is 0.223 e. The van der Waals surface area contributed by atoms with E-state index in [0.29, 0.717) is 12.0 Å². The average Bonchev–Trinajstić information content (AvgIpc) is 2.52. The van der Waals surface area contributed by atoms with E-state index in [1.54, 1.807) is 12.3 Å². The normalized spacial score (nSPS) is 21.7. The molecular weight excluding hydrogens is 288 g/mol. The minimum absolute atomic E-state index is 0.121. The summed E-state index contributed by atoms with van der Waals surface area (Å²) in [6.45, 7) is 9.55. The fourth-order valence-electron chi connectivity index (χ4n) is 3.86. The number of rotatable bonds is 7. The van der Waals surface area contributed by atoms with Crippen molar-refractivity contribution in [1.29, 1.82) is 0 Å². The van der Waals surface area contributed by atoms with E-state index in [-0.39, 0.29) is 11.2 Å². The van der Waals surface area contributed by atoms with E-state index in [1.807, 2.05) is 0 Å². The molecule has 0 aliphatic heterocycles. The molecule has 1 aliphatic carbocycles. The summed E-state index contributed by atoms with van der Waals surface area (Å²) in [5.74, 6) is 0.472. The number of hydrogen-bond donors (Lipinski definition) is 1. The topological polar surface area (TPSA) is 45.5 Å². The highest BCUT2D eigenvalue weighted by Gasteiger charge is 2.25. The molecule has 1 heterocycles. The van der Waals surface area contributed by atoms with Gasteiger partial charge in [0.1, 0.15) is 0 Å². The molecule has 0 spiro atoms. The van der Waals surface area contributed by atoms with Crippen molar-refractivity contribution in [3.63, 3.8) is 0 Å². The fraction of sp³-hybridized carbons (Fsp3) is 0.737. The van der Waals surface area contributed by atoms with Crippen LogP contribution in [0.1, 0.15) is 71.0 Å². The Morgan fingerprint density at radius 2 is 1.87 bits per heavy atom. The lowest BCUT2D eigenvalue weighted by Crippen LogP contribution is -2.30. The third kappa shape index (κ3) is 4.60. The van der Waals surface area contributed by atoms with Gasteiger partial charge in [0.15, 0.2) is 5.75 Å². The van der Waals surface area contributed by atoms with E-state index in [1.165, 1.54) is 19.3 Å². The second kappa shape index (κ2) is 8.53. The predicted molar refractivity (Wildman–Crippen MR) is 94.9 cm³/mol. The number of pyridine rings is 1. The molecule has 1 N–H and O–H groups in total. The van der Waals surface area contributed by atoms with E-state index in [4.69, 9.17) is 0 Å². The molecule has 1 aromatic rings. The summed E-state index contributed by atoms with van der Waals surface area (Å²) in [5.41, 5.74) is 0.793. The van der Waals surface area contributed by atoms with Crippen LogP contribution < -0.4 is 5.43 Å². The van der Waals surface area contributed by atoms with Gasteiger partial charge in [-0.1, -0.05) is 33.6 Å². The molecule has 1 aromatic heterocycles. The second-order valence-electron chi connectivity index (χ2n) is 7.03. The van der Waals surface area contributed by atoms with Gasteiger partial charge < -0.3 is 9.67 Å². The molecule has 1 fully saturated rings. The Kier molecular flexibility index (Phi) is 6.70. The first-order valence-electron chi connectivity index (χ1n) is 9.23. The molecule has 130 valence electrons. The molecular formula is C19H32N2O2. The van der Waals surface area contributed by atoms with Gasteiger partial charge in [-0.15, -0.1) is 0 Å². The van der Waals surface area contributed by atoms with Gasteiger partial charge in [-0.25, -0.2) is 0 Å². The summed E-state index contributed by atoms with van der Waals surface area (Å²) in [4.78, 5) is 14.4. The molecule has 4 nitrogen and oxygen atoms in total. The van der Waals surface area contributed by atoms with Gasteiger partial charge in [0, 0.05) is 24.3 Å². The minimum atomic E-state index is -0.257. The van der Waals surface area contributed by atoms with E-state index in [2.05, 4.69) is 30.2 Å². The van der Waals surface area contributed by atoms with Crippen molar-refractivity contribution in [2.75, 3.05) is 13.1 Å². The van der Waals surface area contributed by atoms with Crippen molar-refractivity contribution < 1.29 is 5.11 Å². The van der Waals surface area contributed by atoms with Gasteiger partial charge in [0.2, 0.25) is 5.43 Å². The molecule has 0 aromatic carbocycles. The van der Waals surface area contributed by atoms with E-state index < -0.39 is 0 Å². The van der Waals surface area contributed by atoms with Gasteiger partial charge in [0.25, 0.3) is 0 Å². The number of aromatic nitrogens is 1. The van der Waals surface area contributed by atoms with Crippen LogP contribution in [0.25, 0.3) is 0 Å². The molecule has 2 atom stereocenters. The molecule has 0 saturated heterocycles. The van der Waals surface area contributed by atoms with Crippen LogP contribution in [-0.2, 0) is 6.54 Å². The first-order valence-corrected chi connectivity index (χ1v) is 9.23. The summed E-state index contributed by atoms with van der Waals surface area (Å²) in [5, 5.41) is 9.94. The van der Waals surface area contributed by atoms with E-state index in [0.717, 1.165) is 44.6 Å². The number of nitrogens with zero attached hydrogens (tertiary/aromatic N) is 2. The smallest absolute Gasteiger partial charge is 0.223 e. The number of aromatic hydroxyl groups is 1. The average molecular weight is 320 g/mol. The van der Waals surface area contributed by atoms with Crippen molar-refractivity contribution in [3.05, 3.63) is 28.2 Å². The monoisotopic (exact) mass is 320 g/mol. The van der Waals surface area contributed by atoms with Crippen molar-refractivity contribution in [1.82, 2.24) is 9.47 Å². The van der Waals surface area contributed by atoms with Crippen molar-refractivity contribution in [3.8, 4) is 5.75 Å². The van der Waals surface area contributed by atoms with Crippen LogP contribution in [0.2, 0.25) is 0 Å². The molecule has 23 heavy (non-hydrogen) atoms. The van der Waals surface area contributed by atoms with Crippen LogP contribution in [-0.4, -0.2) is 27.7 Å². The van der Waals surface area contributed by atoms with Crippen molar-refractivity contribution in [2.45, 2.75) is 71.9 Å². The quantitative estimate of drug-likeness (QED) is 0.828. The molecule has 0 bridgehead atoms. The second-order valence-corrected chi connectivity index (χ2v) is 7.03. The molecule has 0 radical (unpaired) electrons. The largest absolute Gasteiger partial charge is 0.503 e. The Bertz CT molecular complexity index is 547. The standard InChI is InChI=1S/C19H32N2O2/c1-4-10-20(11-5-2)13-16-12-18(22)19(23)14-21(16)17-9-7-6-8-15(17)3/h12,14-15,17,23H,4-11,13H2,1-3H3. The van der Waals surface area contributed by atoms with Crippen LogP contribution in [0.5, 0.6) is 5.75 Å². The SMILES string of the molecule is CCCN(CCC)Cc1cc(=O)c(O)cn1C1CCCCC1C. The first kappa shape index (κ1) is 18.1. The van der Waals surface area contributed by atoms with Gasteiger partial charge in [-0.3, -0.25) is 9.69 Å². The van der Waals surface area contributed by atoms with E-state index in [9.17, 15) is 9.90 Å². The molecule has 1 aliphatic rings. The Morgan fingerprint density at radius 3 is 2.48 bits per heavy atom. The van der Waals surface area contributed by atoms with Crippen LogP contribution in [0.3, 0.4) is 0 Å². The lowest BCUT2D eigenvalue weighted by atomic mass is 9.85. The summed E-state index contributed by atoms with van der Waals surface area (Å²) >= 11 is 0. The minimum Gasteiger partial charge on any atom is -0.503 e. The Labute approximate surface area is 140 Å². The third-order valence-corrected chi connectivity index (χ3v) is 5.03. The van der Waals surface area contributed by atoms with Gasteiger partial charge in [-0.05, 0) is 44.7 Å². The summed E-state index contributed by atoms with van der Waals surface area (Å²) in [7, 11) is 0. The summed E-state index contributed by atoms with van der Waals surface area (Å²) < 4.78 is 2.19. The van der Waals surface area contributed by atoms with Crippen LogP contribution in [0.15, 0.2) is 17.1 Å². The highest BCUT2D eigenvalue weighted by atomic mass is 16.3. The third-order valence-electron chi connectivity index (χ3n) is 5.03. The first-order chi connectivity index (χ1) is 11.1. The van der Waals surface area contributed by atoms with Crippen molar-refractivity contribution >= 4 is 0 Å². The van der Waals surface area contributed by atoms with Gasteiger partial charge in [0.05, 0.1) is 6.20 Å². The Balaban J connectivity index is 2.32. The molecule has 0 amide bonds. The molecule has 2 rings (SSSR count). The van der Waals surface area contributed by atoms with Gasteiger partial charge >= 0.3 is 0 Å². The lowest BCUT2D eigenvalue weighted by Gasteiger charge is -2.34. The summed E-state index contributed by atoms with van der Waals surface area (Å²) in [6, 6.07) is 2.05.